The van der Waals surface area contributed by atoms with Crippen LogP contribution < -0.4 is 5.56 Å². The van der Waals surface area contributed by atoms with Gasteiger partial charge in [0.15, 0.2) is 0 Å². The highest BCUT2D eigenvalue weighted by Crippen LogP contribution is 2.29. The van der Waals surface area contributed by atoms with E-state index in [1.165, 1.54) is 0 Å². The molecule has 2 heterocycles. The summed E-state index contributed by atoms with van der Waals surface area (Å²) in [6.07, 6.45) is 3.43. The number of aromatic nitrogens is 3. The Bertz CT molecular complexity index is 659. The van der Waals surface area contributed by atoms with Gasteiger partial charge in [0.1, 0.15) is 11.6 Å². The van der Waals surface area contributed by atoms with Crippen LogP contribution in [0.25, 0.3) is 11.3 Å². The van der Waals surface area contributed by atoms with Crippen molar-refractivity contribution in [1.82, 2.24) is 15.2 Å². The lowest BCUT2D eigenvalue weighted by Gasteiger charge is -2.14. The fourth-order valence-corrected chi connectivity index (χ4v) is 2.07. The summed E-state index contributed by atoms with van der Waals surface area (Å²) in [7, 11) is 0. The number of H-pyrrole nitrogens is 2. The second-order valence-corrected chi connectivity index (χ2v) is 3.79. The number of aromatic amines is 2. The van der Waals surface area contributed by atoms with E-state index < -0.39 is 0 Å². The van der Waals surface area contributed by atoms with Crippen LogP contribution in [0.1, 0.15) is 16.8 Å². The summed E-state index contributed by atoms with van der Waals surface area (Å²) < 4.78 is 0. The first-order valence-corrected chi connectivity index (χ1v) is 4.98. The smallest absolute Gasteiger partial charge is 0.266 e. The normalized spacial score (nSPS) is 12.7. The van der Waals surface area contributed by atoms with Gasteiger partial charge >= 0.3 is 0 Å². The highest BCUT2D eigenvalue weighted by molar-refractivity contribution is 5.68. The van der Waals surface area contributed by atoms with Crippen LogP contribution in [0.5, 0.6) is 0 Å². The Balaban J connectivity index is 2.33. The molecule has 2 aromatic heterocycles. The number of rotatable bonds is 0. The fraction of sp³-hybridized carbons (Fsp3) is 0.182. The van der Waals surface area contributed by atoms with Crippen molar-refractivity contribution in [1.29, 1.82) is 5.26 Å². The van der Waals surface area contributed by atoms with Crippen LogP contribution in [0.2, 0.25) is 0 Å². The monoisotopic (exact) mass is 212 g/mol. The number of nitrogens with zero attached hydrogens (tertiary/aromatic N) is 2. The number of hydrogen-bond acceptors (Lipinski definition) is 3. The molecule has 5 nitrogen and oxygen atoms in total. The van der Waals surface area contributed by atoms with Crippen molar-refractivity contribution in [2.45, 2.75) is 12.8 Å². The number of nitrogens with one attached hydrogen (secondary N) is 2. The van der Waals surface area contributed by atoms with Crippen LogP contribution in [0, 0.1) is 11.3 Å². The van der Waals surface area contributed by atoms with Gasteiger partial charge in [-0.1, -0.05) is 0 Å². The van der Waals surface area contributed by atoms with E-state index in [2.05, 4.69) is 15.2 Å². The number of hydrogen-bond donors (Lipinski definition) is 2. The third-order valence-electron chi connectivity index (χ3n) is 2.87. The second kappa shape index (κ2) is 3.07. The van der Waals surface area contributed by atoms with Crippen LogP contribution in [0.15, 0.2) is 17.1 Å². The summed E-state index contributed by atoms with van der Waals surface area (Å²) in [5.74, 6) is 0. The van der Waals surface area contributed by atoms with Crippen LogP contribution in [0.3, 0.4) is 0 Å². The van der Waals surface area contributed by atoms with Crippen LogP contribution >= 0.6 is 0 Å². The number of nitriles is 1. The Morgan fingerprint density at radius 3 is 3.12 bits per heavy atom. The van der Waals surface area contributed by atoms with Crippen LogP contribution in [0.4, 0.5) is 0 Å². The summed E-state index contributed by atoms with van der Waals surface area (Å²) in [4.78, 5) is 14.2. The highest BCUT2D eigenvalue weighted by Gasteiger charge is 2.19. The lowest BCUT2D eigenvalue weighted by Crippen LogP contribution is -2.16. The summed E-state index contributed by atoms with van der Waals surface area (Å²) in [5, 5.41) is 15.7. The maximum Gasteiger partial charge on any atom is 0.266 e. The van der Waals surface area contributed by atoms with Crippen molar-refractivity contribution < 1.29 is 0 Å². The molecule has 0 radical (unpaired) electrons. The minimum absolute atomic E-state index is 0.140. The van der Waals surface area contributed by atoms with Gasteiger partial charge < -0.3 is 4.98 Å². The molecule has 0 fully saturated rings. The predicted octanol–water partition coefficient (Wildman–Crippen LogP) is 0.735. The molecule has 0 spiro atoms. The first-order valence-electron chi connectivity index (χ1n) is 4.98. The largest absolute Gasteiger partial charge is 0.324 e. The highest BCUT2D eigenvalue weighted by atomic mass is 16.1. The van der Waals surface area contributed by atoms with Crippen molar-refractivity contribution >= 4 is 0 Å². The molecule has 0 saturated heterocycles. The van der Waals surface area contributed by atoms with Crippen molar-refractivity contribution in [3.63, 3.8) is 0 Å². The molecule has 0 amide bonds. The molecule has 16 heavy (non-hydrogen) atoms. The van der Waals surface area contributed by atoms with Crippen LogP contribution in [-0.2, 0) is 12.8 Å². The minimum atomic E-state index is -0.316. The summed E-state index contributed by atoms with van der Waals surface area (Å²) in [5.41, 5.74) is 3.62. The molecule has 0 aliphatic heterocycles. The van der Waals surface area contributed by atoms with Gasteiger partial charge in [-0.3, -0.25) is 9.89 Å². The molecule has 78 valence electrons. The SMILES string of the molecule is N#Cc1cc2c([nH]c1=O)CCc1cn[nH]c1-2. The van der Waals surface area contributed by atoms with E-state index in [9.17, 15) is 4.79 Å². The Morgan fingerprint density at radius 1 is 1.44 bits per heavy atom. The van der Waals surface area contributed by atoms with Crippen molar-refractivity contribution in [3.8, 4) is 17.3 Å². The van der Waals surface area contributed by atoms with Gasteiger partial charge in [-0.15, -0.1) is 0 Å². The molecule has 0 saturated carbocycles. The Labute approximate surface area is 90.7 Å². The molecule has 0 aromatic carbocycles. The van der Waals surface area contributed by atoms with Crippen molar-refractivity contribution in [2.75, 3.05) is 0 Å². The lowest BCUT2D eigenvalue weighted by atomic mass is 9.93. The van der Waals surface area contributed by atoms with E-state index in [4.69, 9.17) is 5.26 Å². The van der Waals surface area contributed by atoms with Crippen LogP contribution in [-0.4, -0.2) is 15.2 Å². The average Bonchev–Trinajstić information content (AvgIpc) is 2.76. The Morgan fingerprint density at radius 2 is 2.31 bits per heavy atom. The van der Waals surface area contributed by atoms with E-state index in [0.717, 1.165) is 35.4 Å². The maximum atomic E-state index is 11.5. The second-order valence-electron chi connectivity index (χ2n) is 3.79. The maximum absolute atomic E-state index is 11.5. The average molecular weight is 212 g/mol. The predicted molar refractivity (Wildman–Crippen MR) is 56.8 cm³/mol. The molecule has 0 bridgehead atoms. The molecular weight excluding hydrogens is 204 g/mol. The molecule has 2 aromatic rings. The van der Waals surface area contributed by atoms with Crippen molar-refractivity contribution in [2.24, 2.45) is 0 Å². The van der Waals surface area contributed by atoms with Gasteiger partial charge in [0.25, 0.3) is 5.56 Å². The molecule has 2 N–H and O–H groups in total. The standard InChI is InChI=1S/C11H8N4O/c12-4-7-3-8-9(14-11(7)16)2-1-6-5-13-15-10(6)8/h3,5H,1-2H2,(H,13,15)(H,14,16). The fourth-order valence-electron chi connectivity index (χ4n) is 2.07. The molecule has 1 aliphatic carbocycles. The Hall–Kier alpha value is -2.35. The molecule has 3 rings (SSSR count). The first-order chi connectivity index (χ1) is 7.79. The molecule has 0 atom stereocenters. The summed E-state index contributed by atoms with van der Waals surface area (Å²) in [6, 6.07) is 3.52. The van der Waals surface area contributed by atoms with E-state index >= 15 is 0 Å². The number of pyridine rings is 1. The minimum Gasteiger partial charge on any atom is -0.324 e. The van der Waals surface area contributed by atoms with E-state index in [0.29, 0.717) is 0 Å². The zero-order valence-electron chi connectivity index (χ0n) is 8.37. The Kier molecular flexibility index (Phi) is 1.71. The molecular formula is C11H8N4O. The number of aryl methyl sites for hydroxylation is 2. The third-order valence-corrected chi connectivity index (χ3v) is 2.87. The van der Waals surface area contributed by atoms with Crippen molar-refractivity contribution in [3.05, 3.63) is 39.4 Å². The van der Waals surface area contributed by atoms with E-state index in [1.807, 2.05) is 6.07 Å². The number of fused-ring (bicyclic) bond motifs is 3. The first kappa shape index (κ1) is 8.92. The summed E-state index contributed by atoms with van der Waals surface area (Å²) in [6.45, 7) is 0. The van der Waals surface area contributed by atoms with Gasteiger partial charge in [-0.05, 0) is 24.5 Å². The quantitative estimate of drug-likeness (QED) is 0.675. The van der Waals surface area contributed by atoms with Gasteiger partial charge in [0.05, 0.1) is 11.9 Å². The van der Waals surface area contributed by atoms with Gasteiger partial charge in [0.2, 0.25) is 0 Å². The third kappa shape index (κ3) is 1.10. The molecule has 0 unspecified atom stereocenters. The van der Waals surface area contributed by atoms with Gasteiger partial charge in [-0.2, -0.15) is 10.4 Å². The summed E-state index contributed by atoms with van der Waals surface area (Å²) >= 11 is 0. The van der Waals surface area contributed by atoms with Gasteiger partial charge in [0, 0.05) is 11.3 Å². The van der Waals surface area contributed by atoms with Gasteiger partial charge in [-0.25, -0.2) is 0 Å². The lowest BCUT2D eigenvalue weighted by molar-refractivity contribution is 0.885. The zero-order chi connectivity index (χ0) is 11.1. The zero-order valence-corrected chi connectivity index (χ0v) is 8.37. The topological polar surface area (TPSA) is 85.3 Å². The molecule has 5 heteroatoms. The van der Waals surface area contributed by atoms with E-state index in [1.54, 1.807) is 12.3 Å². The van der Waals surface area contributed by atoms with E-state index in [-0.39, 0.29) is 11.1 Å². The molecule has 1 aliphatic rings.